The van der Waals surface area contributed by atoms with E-state index in [0.717, 1.165) is 33.1 Å². The van der Waals surface area contributed by atoms with E-state index in [4.69, 9.17) is 9.68 Å². The Labute approximate surface area is 144 Å². The molecule has 0 amide bonds. The lowest BCUT2D eigenvalue weighted by Crippen LogP contribution is -1.83. The number of rotatable bonds is 1. The van der Waals surface area contributed by atoms with Gasteiger partial charge in [0.05, 0.1) is 11.6 Å². The van der Waals surface area contributed by atoms with Crippen LogP contribution in [0.1, 0.15) is 5.56 Å². The van der Waals surface area contributed by atoms with Crippen LogP contribution in [0.3, 0.4) is 0 Å². The summed E-state index contributed by atoms with van der Waals surface area (Å²) in [4.78, 5) is 0. The minimum absolute atomic E-state index is 0.665. The van der Waals surface area contributed by atoms with Gasteiger partial charge in [-0.25, -0.2) is 0 Å². The Morgan fingerprint density at radius 1 is 0.680 bits per heavy atom. The molecule has 0 atom stereocenters. The molecular formula is C23H13NO. The molecule has 5 rings (SSSR count). The van der Waals surface area contributed by atoms with E-state index in [1.807, 2.05) is 42.5 Å². The smallest absolute Gasteiger partial charge is 0.136 e. The van der Waals surface area contributed by atoms with Crippen molar-refractivity contribution >= 4 is 32.7 Å². The molecule has 116 valence electrons. The zero-order chi connectivity index (χ0) is 16.8. The highest BCUT2D eigenvalue weighted by atomic mass is 16.3. The fourth-order valence-electron chi connectivity index (χ4n) is 3.55. The second-order valence-corrected chi connectivity index (χ2v) is 6.13. The van der Waals surface area contributed by atoms with Gasteiger partial charge in [-0.15, -0.1) is 0 Å². The van der Waals surface area contributed by atoms with Crippen LogP contribution in [0.2, 0.25) is 0 Å². The van der Waals surface area contributed by atoms with Gasteiger partial charge in [-0.05, 0) is 46.2 Å². The number of hydrogen-bond donors (Lipinski definition) is 0. The van der Waals surface area contributed by atoms with Gasteiger partial charge in [0.2, 0.25) is 0 Å². The minimum Gasteiger partial charge on any atom is -0.456 e. The molecular weight excluding hydrogens is 306 g/mol. The predicted octanol–water partition coefficient (Wildman–Crippen LogP) is 6.28. The molecule has 0 N–H and O–H groups in total. The van der Waals surface area contributed by atoms with E-state index >= 15 is 0 Å². The highest BCUT2D eigenvalue weighted by molar-refractivity contribution is 6.21. The molecule has 1 heterocycles. The standard InChI is InChI=1S/C23H13NO/c24-14-15-9-11-16(12-10-15)20-13-22-23(18-6-2-1-5-17(18)20)19-7-3-4-8-21(19)25-22/h1-13H. The van der Waals surface area contributed by atoms with Crippen LogP contribution in [0.5, 0.6) is 0 Å². The first-order chi connectivity index (χ1) is 12.3. The van der Waals surface area contributed by atoms with Crippen molar-refractivity contribution in [2.75, 3.05) is 0 Å². The lowest BCUT2D eigenvalue weighted by atomic mass is 9.94. The molecule has 1 aromatic heterocycles. The first-order valence-electron chi connectivity index (χ1n) is 8.19. The zero-order valence-corrected chi connectivity index (χ0v) is 13.4. The van der Waals surface area contributed by atoms with E-state index in [0.29, 0.717) is 5.56 Å². The quantitative estimate of drug-likeness (QED) is 0.365. The zero-order valence-electron chi connectivity index (χ0n) is 13.4. The van der Waals surface area contributed by atoms with Crippen LogP contribution in [0.25, 0.3) is 43.8 Å². The van der Waals surface area contributed by atoms with Gasteiger partial charge in [0.1, 0.15) is 11.2 Å². The Bertz CT molecular complexity index is 1290. The van der Waals surface area contributed by atoms with Crippen molar-refractivity contribution in [2.24, 2.45) is 0 Å². The first kappa shape index (κ1) is 13.8. The van der Waals surface area contributed by atoms with E-state index in [1.54, 1.807) is 0 Å². The van der Waals surface area contributed by atoms with Gasteiger partial charge in [0, 0.05) is 10.8 Å². The average molecular weight is 319 g/mol. The molecule has 0 aliphatic rings. The third kappa shape index (κ3) is 2.03. The summed E-state index contributed by atoms with van der Waals surface area (Å²) in [6, 6.07) is 28.5. The van der Waals surface area contributed by atoms with Gasteiger partial charge in [0.15, 0.2) is 0 Å². The SMILES string of the molecule is N#Cc1ccc(-c2cc3oc4ccccc4c3c3ccccc23)cc1. The van der Waals surface area contributed by atoms with E-state index in [-0.39, 0.29) is 0 Å². The van der Waals surface area contributed by atoms with E-state index < -0.39 is 0 Å². The van der Waals surface area contributed by atoms with Gasteiger partial charge in [-0.2, -0.15) is 5.26 Å². The van der Waals surface area contributed by atoms with Crippen LogP contribution in [0, 0.1) is 11.3 Å². The number of nitriles is 1. The molecule has 0 aliphatic carbocycles. The van der Waals surface area contributed by atoms with Crippen LogP contribution < -0.4 is 0 Å². The normalized spacial score (nSPS) is 11.2. The second-order valence-electron chi connectivity index (χ2n) is 6.13. The van der Waals surface area contributed by atoms with E-state index in [2.05, 4.69) is 42.5 Å². The molecule has 2 heteroatoms. The monoisotopic (exact) mass is 319 g/mol. The highest BCUT2D eigenvalue weighted by Crippen LogP contribution is 2.39. The van der Waals surface area contributed by atoms with E-state index in [1.165, 1.54) is 10.8 Å². The van der Waals surface area contributed by atoms with Crippen LogP contribution >= 0.6 is 0 Å². The summed E-state index contributed by atoms with van der Waals surface area (Å²) in [5.41, 5.74) is 4.65. The van der Waals surface area contributed by atoms with E-state index in [9.17, 15) is 0 Å². The minimum atomic E-state index is 0.665. The van der Waals surface area contributed by atoms with Crippen molar-refractivity contribution in [3.8, 4) is 17.2 Å². The number of nitrogens with zero attached hydrogens (tertiary/aromatic N) is 1. The predicted molar refractivity (Wildman–Crippen MR) is 101 cm³/mol. The van der Waals surface area contributed by atoms with Gasteiger partial charge in [-0.3, -0.25) is 0 Å². The fraction of sp³-hybridized carbons (Fsp3) is 0. The van der Waals surface area contributed by atoms with Crippen molar-refractivity contribution in [3.05, 3.63) is 84.4 Å². The molecule has 0 unspecified atom stereocenters. The van der Waals surface area contributed by atoms with Gasteiger partial charge < -0.3 is 4.42 Å². The molecule has 0 bridgehead atoms. The lowest BCUT2D eigenvalue weighted by Gasteiger charge is -2.08. The number of para-hydroxylation sites is 1. The largest absolute Gasteiger partial charge is 0.456 e. The summed E-state index contributed by atoms with van der Waals surface area (Å²) in [6.07, 6.45) is 0. The number of fused-ring (bicyclic) bond motifs is 5. The maximum absolute atomic E-state index is 9.03. The lowest BCUT2D eigenvalue weighted by molar-refractivity contribution is 0.669. The first-order valence-corrected chi connectivity index (χ1v) is 8.19. The van der Waals surface area contributed by atoms with Gasteiger partial charge in [0.25, 0.3) is 0 Å². The molecule has 0 saturated carbocycles. The molecule has 0 saturated heterocycles. The summed E-state index contributed by atoms with van der Waals surface area (Å²) >= 11 is 0. The van der Waals surface area contributed by atoms with Crippen LogP contribution in [0.4, 0.5) is 0 Å². The van der Waals surface area contributed by atoms with Gasteiger partial charge >= 0.3 is 0 Å². The molecule has 2 nitrogen and oxygen atoms in total. The highest BCUT2D eigenvalue weighted by Gasteiger charge is 2.14. The van der Waals surface area contributed by atoms with Crippen molar-refractivity contribution in [1.82, 2.24) is 0 Å². The van der Waals surface area contributed by atoms with Crippen molar-refractivity contribution in [1.29, 1.82) is 5.26 Å². The number of hydrogen-bond acceptors (Lipinski definition) is 2. The van der Waals surface area contributed by atoms with Crippen molar-refractivity contribution in [3.63, 3.8) is 0 Å². The second kappa shape index (κ2) is 5.22. The van der Waals surface area contributed by atoms with Crippen molar-refractivity contribution < 1.29 is 4.42 Å². The molecule has 4 aromatic carbocycles. The molecule has 5 aromatic rings. The average Bonchev–Trinajstić information content (AvgIpc) is 3.06. The van der Waals surface area contributed by atoms with Gasteiger partial charge in [-0.1, -0.05) is 54.6 Å². The van der Waals surface area contributed by atoms with Crippen LogP contribution in [-0.4, -0.2) is 0 Å². The molecule has 0 aliphatic heterocycles. The van der Waals surface area contributed by atoms with Crippen LogP contribution in [-0.2, 0) is 0 Å². The summed E-state index contributed by atoms with van der Waals surface area (Å²) < 4.78 is 6.12. The Hall–Kier alpha value is -3.57. The molecule has 0 radical (unpaired) electrons. The molecule has 0 spiro atoms. The fourth-order valence-corrected chi connectivity index (χ4v) is 3.55. The topological polar surface area (TPSA) is 36.9 Å². The Morgan fingerprint density at radius 2 is 1.36 bits per heavy atom. The molecule has 25 heavy (non-hydrogen) atoms. The summed E-state index contributed by atoms with van der Waals surface area (Å²) in [6.45, 7) is 0. The summed E-state index contributed by atoms with van der Waals surface area (Å²) in [5, 5.41) is 13.7. The van der Waals surface area contributed by atoms with Crippen molar-refractivity contribution in [2.45, 2.75) is 0 Å². The molecule has 0 fully saturated rings. The summed E-state index contributed by atoms with van der Waals surface area (Å²) in [7, 11) is 0. The van der Waals surface area contributed by atoms with Crippen LogP contribution in [0.15, 0.2) is 83.3 Å². The third-order valence-electron chi connectivity index (χ3n) is 4.71. The Morgan fingerprint density at radius 3 is 2.12 bits per heavy atom. The summed E-state index contributed by atoms with van der Waals surface area (Å²) in [5.74, 6) is 0. The maximum Gasteiger partial charge on any atom is 0.136 e. The Kier molecular flexibility index (Phi) is 2.89. The number of benzene rings is 4. The Balaban J connectivity index is 1.92. The number of furan rings is 1. The third-order valence-corrected chi connectivity index (χ3v) is 4.71. The maximum atomic E-state index is 9.03.